The van der Waals surface area contributed by atoms with Gasteiger partial charge in [-0.1, -0.05) is 6.07 Å². The number of hydrogen-bond acceptors (Lipinski definition) is 3. The molecule has 0 saturated carbocycles. The molecule has 0 aliphatic rings. The van der Waals surface area contributed by atoms with Crippen molar-refractivity contribution in [1.29, 1.82) is 0 Å². The minimum absolute atomic E-state index is 0.125. The summed E-state index contributed by atoms with van der Waals surface area (Å²) in [4.78, 5) is 0.753. The number of halogens is 2. The van der Waals surface area contributed by atoms with Gasteiger partial charge in [-0.05, 0) is 35.9 Å². The molecule has 0 unspecified atom stereocenters. The minimum Gasteiger partial charge on any atom is -0.494 e. The second-order valence-corrected chi connectivity index (χ2v) is 4.99. The van der Waals surface area contributed by atoms with Gasteiger partial charge in [0, 0.05) is 10.6 Å². The largest absolute Gasteiger partial charge is 0.494 e. The molecule has 0 aliphatic carbocycles. The molecule has 2 N–H and O–H groups in total. The van der Waals surface area contributed by atoms with Crippen LogP contribution in [0.1, 0.15) is 5.56 Å². The van der Waals surface area contributed by atoms with E-state index in [1.54, 1.807) is 18.2 Å². The van der Waals surface area contributed by atoms with Gasteiger partial charge in [0.2, 0.25) is 0 Å². The van der Waals surface area contributed by atoms with E-state index in [4.69, 9.17) is 10.5 Å². The second kappa shape index (κ2) is 5.93. The van der Waals surface area contributed by atoms with Gasteiger partial charge < -0.3 is 10.5 Å². The maximum absolute atomic E-state index is 13.5. The van der Waals surface area contributed by atoms with Crippen LogP contribution >= 0.6 is 11.8 Å². The van der Waals surface area contributed by atoms with Gasteiger partial charge in [-0.15, -0.1) is 11.8 Å². The van der Waals surface area contributed by atoms with Gasteiger partial charge in [0.1, 0.15) is 5.82 Å². The molecular formula is C14H13F2NOS. The number of anilines is 1. The van der Waals surface area contributed by atoms with Crippen LogP contribution in [0.25, 0.3) is 0 Å². The Morgan fingerprint density at radius 2 is 1.89 bits per heavy atom. The Kier molecular flexibility index (Phi) is 4.27. The van der Waals surface area contributed by atoms with E-state index in [0.717, 1.165) is 10.5 Å². The van der Waals surface area contributed by atoms with Crippen molar-refractivity contribution >= 4 is 17.4 Å². The van der Waals surface area contributed by atoms with Crippen molar-refractivity contribution in [2.75, 3.05) is 12.8 Å². The van der Waals surface area contributed by atoms with Crippen molar-refractivity contribution in [3.63, 3.8) is 0 Å². The molecule has 2 aromatic carbocycles. The van der Waals surface area contributed by atoms with Crippen molar-refractivity contribution in [2.24, 2.45) is 0 Å². The van der Waals surface area contributed by atoms with Gasteiger partial charge in [-0.25, -0.2) is 8.78 Å². The summed E-state index contributed by atoms with van der Waals surface area (Å²) in [6.45, 7) is 0. The summed E-state index contributed by atoms with van der Waals surface area (Å²) in [5.41, 5.74) is 6.33. The van der Waals surface area contributed by atoms with Crippen LogP contribution in [-0.2, 0) is 5.75 Å². The first-order valence-corrected chi connectivity index (χ1v) is 6.59. The third kappa shape index (κ3) is 3.38. The first-order chi connectivity index (χ1) is 9.10. The second-order valence-electron chi connectivity index (χ2n) is 3.94. The molecule has 2 aromatic rings. The van der Waals surface area contributed by atoms with Gasteiger partial charge in [0.05, 0.1) is 12.8 Å². The molecule has 0 fully saturated rings. The number of nitrogens with two attached hydrogens (primary N) is 1. The third-order valence-electron chi connectivity index (χ3n) is 2.59. The zero-order valence-corrected chi connectivity index (χ0v) is 11.1. The Morgan fingerprint density at radius 1 is 1.11 bits per heavy atom. The molecule has 2 rings (SSSR count). The Labute approximate surface area is 114 Å². The number of ether oxygens (including phenoxy) is 1. The molecule has 0 radical (unpaired) electrons. The fourth-order valence-electron chi connectivity index (χ4n) is 1.56. The maximum atomic E-state index is 13.5. The number of rotatable bonds is 4. The van der Waals surface area contributed by atoms with Crippen LogP contribution in [0.2, 0.25) is 0 Å². The molecular weight excluding hydrogens is 268 g/mol. The lowest BCUT2D eigenvalue weighted by molar-refractivity contribution is 0.386. The highest BCUT2D eigenvalue weighted by Gasteiger charge is 2.05. The van der Waals surface area contributed by atoms with E-state index < -0.39 is 11.6 Å². The van der Waals surface area contributed by atoms with Gasteiger partial charge in [-0.2, -0.15) is 0 Å². The molecule has 0 bridgehead atoms. The van der Waals surface area contributed by atoms with Crippen LogP contribution in [-0.4, -0.2) is 7.11 Å². The summed E-state index contributed by atoms with van der Waals surface area (Å²) in [6.07, 6.45) is 0. The summed E-state index contributed by atoms with van der Waals surface area (Å²) in [5.74, 6) is -0.0770. The van der Waals surface area contributed by atoms with E-state index in [9.17, 15) is 8.78 Å². The maximum Gasteiger partial charge on any atom is 0.165 e. The molecule has 0 aromatic heterocycles. The molecule has 0 aliphatic heterocycles. The molecule has 19 heavy (non-hydrogen) atoms. The summed E-state index contributed by atoms with van der Waals surface area (Å²) in [5, 5.41) is 0. The fraction of sp³-hybridized carbons (Fsp3) is 0.143. The predicted octanol–water partition coefficient (Wildman–Crippen LogP) is 3.85. The molecule has 0 heterocycles. The van der Waals surface area contributed by atoms with Crippen molar-refractivity contribution in [2.45, 2.75) is 10.6 Å². The van der Waals surface area contributed by atoms with E-state index in [1.807, 2.05) is 0 Å². The highest BCUT2D eigenvalue weighted by Crippen LogP contribution is 2.27. The van der Waals surface area contributed by atoms with Crippen LogP contribution in [0, 0.1) is 11.6 Å². The number of thioether (sulfide) groups is 1. The van der Waals surface area contributed by atoms with Crippen molar-refractivity contribution in [1.82, 2.24) is 0 Å². The van der Waals surface area contributed by atoms with Crippen molar-refractivity contribution < 1.29 is 13.5 Å². The third-order valence-corrected chi connectivity index (χ3v) is 3.66. The van der Waals surface area contributed by atoms with Crippen LogP contribution in [0.4, 0.5) is 14.5 Å². The minimum atomic E-state index is -0.439. The highest BCUT2D eigenvalue weighted by atomic mass is 32.2. The van der Waals surface area contributed by atoms with E-state index >= 15 is 0 Å². The number of methoxy groups -OCH3 is 1. The molecule has 5 heteroatoms. The zero-order valence-electron chi connectivity index (χ0n) is 10.3. The Balaban J connectivity index is 2.05. The normalized spacial score (nSPS) is 10.5. The molecule has 100 valence electrons. The zero-order chi connectivity index (χ0) is 13.8. The Bertz CT molecular complexity index is 590. The molecule has 2 nitrogen and oxygen atoms in total. The number of benzene rings is 2. The van der Waals surface area contributed by atoms with Crippen LogP contribution in [0.3, 0.4) is 0 Å². The lowest BCUT2D eigenvalue weighted by atomic mass is 10.2. The van der Waals surface area contributed by atoms with Crippen LogP contribution in [0.15, 0.2) is 41.3 Å². The summed E-state index contributed by atoms with van der Waals surface area (Å²) in [6, 6.07) is 9.41. The molecule has 0 spiro atoms. The topological polar surface area (TPSA) is 35.2 Å². The SMILES string of the molecule is COc1ccc(CSc2ccc(N)c(F)c2)cc1F. The standard InChI is InChI=1S/C14H13F2NOS/c1-18-14-5-2-9(6-12(14)16)8-19-10-3-4-13(17)11(15)7-10/h2-7H,8,17H2,1H3. The summed E-state index contributed by atoms with van der Waals surface area (Å²) in [7, 11) is 1.42. The number of nitrogen functional groups attached to an aromatic ring is 1. The summed E-state index contributed by atoms with van der Waals surface area (Å²) >= 11 is 1.42. The Morgan fingerprint density at radius 3 is 2.53 bits per heavy atom. The van der Waals surface area contributed by atoms with E-state index in [-0.39, 0.29) is 11.4 Å². The quantitative estimate of drug-likeness (QED) is 0.683. The smallest absolute Gasteiger partial charge is 0.165 e. The van der Waals surface area contributed by atoms with E-state index in [1.165, 1.54) is 37.1 Å². The van der Waals surface area contributed by atoms with Gasteiger partial charge in [0.15, 0.2) is 11.6 Å². The highest BCUT2D eigenvalue weighted by molar-refractivity contribution is 7.98. The van der Waals surface area contributed by atoms with Crippen molar-refractivity contribution in [3.05, 3.63) is 53.6 Å². The van der Waals surface area contributed by atoms with Crippen LogP contribution < -0.4 is 10.5 Å². The monoisotopic (exact) mass is 281 g/mol. The Hall–Kier alpha value is -1.75. The number of hydrogen-bond donors (Lipinski definition) is 1. The molecule has 0 amide bonds. The average molecular weight is 281 g/mol. The van der Waals surface area contributed by atoms with Gasteiger partial charge >= 0.3 is 0 Å². The van der Waals surface area contributed by atoms with Crippen molar-refractivity contribution in [3.8, 4) is 5.75 Å². The fourth-order valence-corrected chi connectivity index (χ4v) is 2.43. The molecule has 0 atom stereocenters. The van der Waals surface area contributed by atoms with Crippen LogP contribution in [0.5, 0.6) is 5.75 Å². The lowest BCUT2D eigenvalue weighted by Gasteiger charge is -2.06. The lowest BCUT2D eigenvalue weighted by Crippen LogP contribution is -1.91. The van der Waals surface area contributed by atoms with Gasteiger partial charge in [0.25, 0.3) is 0 Å². The van der Waals surface area contributed by atoms with E-state index in [2.05, 4.69) is 0 Å². The van der Waals surface area contributed by atoms with Gasteiger partial charge in [-0.3, -0.25) is 0 Å². The first kappa shape index (κ1) is 13.7. The average Bonchev–Trinajstić information content (AvgIpc) is 2.40. The summed E-state index contributed by atoms with van der Waals surface area (Å²) < 4.78 is 31.6. The predicted molar refractivity (Wildman–Crippen MR) is 73.3 cm³/mol. The first-order valence-electron chi connectivity index (χ1n) is 5.60. The van der Waals surface area contributed by atoms with E-state index in [0.29, 0.717) is 5.75 Å². The molecule has 0 saturated heterocycles.